The lowest BCUT2D eigenvalue weighted by molar-refractivity contribution is -0.644. The Balaban J connectivity index is 2.74. The molecule has 0 atom stereocenters. The number of rotatable bonds is 1. The molecule has 0 aliphatic rings. The van der Waals surface area contributed by atoms with Crippen LogP contribution >= 0.6 is 0 Å². The molecule has 2 aromatic rings. The normalized spacial score (nSPS) is 10.2. The number of hydrogen-bond acceptors (Lipinski definition) is 3. The Morgan fingerprint density at radius 3 is 2.54 bits per heavy atom. The fourth-order valence-electron chi connectivity index (χ4n) is 1.28. The van der Waals surface area contributed by atoms with Crippen LogP contribution in [0, 0.1) is 0 Å². The van der Waals surface area contributed by atoms with Crippen LogP contribution in [-0.2, 0) is 0 Å². The van der Waals surface area contributed by atoms with Crippen molar-refractivity contribution in [3.05, 3.63) is 36.5 Å². The number of fused-ring (bicyclic) bond motifs is 1. The van der Waals surface area contributed by atoms with E-state index in [2.05, 4.69) is 4.84 Å². The fraction of sp³-hybridized carbons (Fsp3) is 0. The maximum atomic E-state index is 5.61. The second-order valence-electron chi connectivity index (χ2n) is 2.77. The quantitative estimate of drug-likeness (QED) is 0.368. The Bertz CT molecular complexity index is 442. The van der Waals surface area contributed by atoms with Gasteiger partial charge in [-0.3, -0.25) is 0 Å². The average molecular weight is 176 g/mol. The van der Waals surface area contributed by atoms with Crippen molar-refractivity contribution in [2.45, 2.75) is 0 Å². The molecule has 0 bridgehead atoms. The van der Waals surface area contributed by atoms with Gasteiger partial charge in [-0.2, -0.15) is 5.90 Å². The van der Waals surface area contributed by atoms with E-state index >= 15 is 0 Å². The van der Waals surface area contributed by atoms with Crippen molar-refractivity contribution in [3.8, 4) is 5.88 Å². The van der Waals surface area contributed by atoms with Crippen LogP contribution in [0.1, 0.15) is 0 Å². The Morgan fingerprint density at radius 2 is 1.85 bits per heavy atom. The first-order valence-corrected chi connectivity index (χ1v) is 3.87. The largest absolute Gasteiger partial charge is 0.415 e. The molecule has 0 fully saturated rings. The summed E-state index contributed by atoms with van der Waals surface area (Å²) in [5.41, 5.74) is 0. The first kappa shape index (κ1) is 7.82. The minimum atomic E-state index is 0.429. The maximum Gasteiger partial charge on any atom is 0.415 e. The van der Waals surface area contributed by atoms with Gasteiger partial charge in [-0.25, -0.2) is 5.84 Å². The van der Waals surface area contributed by atoms with Gasteiger partial charge in [-0.15, -0.1) is 0 Å². The molecule has 66 valence electrons. The molecule has 2 rings (SSSR count). The van der Waals surface area contributed by atoms with Crippen molar-refractivity contribution in [1.82, 2.24) is 0 Å². The summed E-state index contributed by atoms with van der Waals surface area (Å²) in [5.74, 6) is 11.1. The predicted octanol–water partition coefficient (Wildman–Crippen LogP) is 0.0936. The second kappa shape index (κ2) is 2.91. The monoisotopic (exact) mass is 176 g/mol. The molecule has 0 spiro atoms. The van der Waals surface area contributed by atoms with Gasteiger partial charge in [0.25, 0.3) is 0 Å². The first-order chi connectivity index (χ1) is 6.31. The average Bonchev–Trinajstić information content (AvgIpc) is 2.17. The summed E-state index contributed by atoms with van der Waals surface area (Å²) in [7, 11) is 0. The minimum Gasteiger partial charge on any atom is -0.349 e. The third-order valence-corrected chi connectivity index (χ3v) is 1.93. The molecular formula is C9H10N3O+. The molecule has 13 heavy (non-hydrogen) atoms. The summed E-state index contributed by atoms with van der Waals surface area (Å²) in [4.78, 5) is 4.59. The highest BCUT2D eigenvalue weighted by molar-refractivity contribution is 5.81. The van der Waals surface area contributed by atoms with Crippen LogP contribution in [-0.4, -0.2) is 0 Å². The van der Waals surface area contributed by atoms with Crippen molar-refractivity contribution in [3.63, 3.8) is 0 Å². The molecule has 0 amide bonds. The fourth-order valence-corrected chi connectivity index (χ4v) is 1.28. The molecule has 0 unspecified atom stereocenters. The van der Waals surface area contributed by atoms with Crippen LogP contribution in [0.15, 0.2) is 36.5 Å². The number of pyridine rings is 1. The Hall–Kier alpha value is -1.81. The number of benzene rings is 1. The van der Waals surface area contributed by atoms with E-state index in [4.69, 9.17) is 11.7 Å². The summed E-state index contributed by atoms with van der Waals surface area (Å²) < 4.78 is 1.35. The van der Waals surface area contributed by atoms with E-state index in [1.54, 1.807) is 12.3 Å². The van der Waals surface area contributed by atoms with Gasteiger partial charge in [0.1, 0.15) is 0 Å². The van der Waals surface area contributed by atoms with Crippen molar-refractivity contribution in [2.75, 3.05) is 5.84 Å². The van der Waals surface area contributed by atoms with Crippen LogP contribution in [0.4, 0.5) is 0 Å². The third kappa shape index (κ3) is 1.27. The highest BCUT2D eigenvalue weighted by Crippen LogP contribution is 2.14. The Morgan fingerprint density at radius 1 is 1.15 bits per heavy atom. The molecule has 0 aliphatic carbocycles. The van der Waals surface area contributed by atoms with E-state index in [1.165, 1.54) is 4.68 Å². The molecule has 0 saturated heterocycles. The molecule has 0 aliphatic heterocycles. The van der Waals surface area contributed by atoms with Crippen LogP contribution in [0.3, 0.4) is 0 Å². The summed E-state index contributed by atoms with van der Waals surface area (Å²) in [6, 6.07) is 9.63. The van der Waals surface area contributed by atoms with E-state index in [-0.39, 0.29) is 0 Å². The van der Waals surface area contributed by atoms with Crippen LogP contribution in [0.2, 0.25) is 0 Å². The minimum absolute atomic E-state index is 0.429. The lowest BCUT2D eigenvalue weighted by atomic mass is 10.2. The SMILES string of the molecule is NOc1cc2ccccc2c[n+]1N. The second-order valence-corrected chi connectivity index (χ2v) is 2.77. The van der Waals surface area contributed by atoms with Crippen LogP contribution in [0.25, 0.3) is 10.8 Å². The molecule has 4 N–H and O–H groups in total. The third-order valence-electron chi connectivity index (χ3n) is 1.93. The van der Waals surface area contributed by atoms with Gasteiger partial charge >= 0.3 is 5.88 Å². The Labute approximate surface area is 75.3 Å². The van der Waals surface area contributed by atoms with E-state index in [0.717, 1.165) is 10.8 Å². The summed E-state index contributed by atoms with van der Waals surface area (Å²) >= 11 is 0. The van der Waals surface area contributed by atoms with E-state index in [0.29, 0.717) is 5.88 Å². The molecule has 4 nitrogen and oxygen atoms in total. The molecule has 1 aromatic heterocycles. The van der Waals surface area contributed by atoms with Gasteiger partial charge in [-0.05, 0) is 11.5 Å². The summed E-state index contributed by atoms with van der Waals surface area (Å²) in [6.45, 7) is 0. The van der Waals surface area contributed by atoms with Crippen molar-refractivity contribution < 1.29 is 9.51 Å². The van der Waals surface area contributed by atoms with Crippen molar-refractivity contribution >= 4 is 10.8 Å². The van der Waals surface area contributed by atoms with Gasteiger partial charge in [0, 0.05) is 5.39 Å². The zero-order valence-corrected chi connectivity index (χ0v) is 6.97. The lowest BCUT2D eigenvalue weighted by Gasteiger charge is -1.97. The topological polar surface area (TPSA) is 65.2 Å². The number of hydrogen-bond donors (Lipinski definition) is 2. The number of nitrogens with zero attached hydrogens (tertiary/aromatic N) is 1. The summed E-state index contributed by atoms with van der Waals surface area (Å²) in [5, 5.41) is 2.09. The smallest absolute Gasteiger partial charge is 0.349 e. The van der Waals surface area contributed by atoms with Gasteiger partial charge in [-0.1, -0.05) is 22.9 Å². The molecule has 1 heterocycles. The molecule has 0 radical (unpaired) electrons. The van der Waals surface area contributed by atoms with Gasteiger partial charge in [0.2, 0.25) is 6.20 Å². The van der Waals surface area contributed by atoms with E-state index in [1.807, 2.05) is 24.3 Å². The van der Waals surface area contributed by atoms with Gasteiger partial charge < -0.3 is 4.84 Å². The molecule has 0 saturated carbocycles. The predicted molar refractivity (Wildman–Crippen MR) is 49.1 cm³/mol. The molecular weight excluding hydrogens is 166 g/mol. The van der Waals surface area contributed by atoms with E-state index < -0.39 is 0 Å². The zero-order chi connectivity index (χ0) is 9.26. The highest BCUT2D eigenvalue weighted by atomic mass is 16.6. The molecule has 4 heteroatoms. The lowest BCUT2D eigenvalue weighted by Crippen LogP contribution is -2.46. The zero-order valence-electron chi connectivity index (χ0n) is 6.97. The van der Waals surface area contributed by atoms with Crippen molar-refractivity contribution in [2.24, 2.45) is 5.90 Å². The van der Waals surface area contributed by atoms with Crippen molar-refractivity contribution in [1.29, 1.82) is 0 Å². The number of nitrogen functional groups attached to an aromatic ring is 1. The standard InChI is InChI=1S/C9H10N3O/c10-12-6-8-4-2-1-3-7(8)5-9(12)13-11/h1-6H,10-11H2/q+1. The highest BCUT2D eigenvalue weighted by Gasteiger charge is 2.09. The molecule has 1 aromatic carbocycles. The number of aromatic nitrogens is 1. The van der Waals surface area contributed by atoms with Gasteiger partial charge in [0.05, 0.1) is 6.07 Å². The maximum absolute atomic E-state index is 5.61. The first-order valence-electron chi connectivity index (χ1n) is 3.87. The van der Waals surface area contributed by atoms with Crippen LogP contribution in [0.5, 0.6) is 5.88 Å². The van der Waals surface area contributed by atoms with Gasteiger partial charge in [0.15, 0.2) is 0 Å². The van der Waals surface area contributed by atoms with Crippen LogP contribution < -0.4 is 21.3 Å². The summed E-state index contributed by atoms with van der Waals surface area (Å²) in [6.07, 6.45) is 1.76. The Kier molecular flexibility index (Phi) is 1.75. The van der Waals surface area contributed by atoms with E-state index in [9.17, 15) is 0 Å². The number of nitrogens with two attached hydrogens (primary N) is 2.